The molecule has 3 aromatic carbocycles. The Balaban J connectivity index is 1.68. The van der Waals surface area contributed by atoms with Crippen LogP contribution in [0.25, 0.3) is 22.2 Å². The lowest BCUT2D eigenvalue weighted by Crippen LogP contribution is -2.36. The maximum Gasteiger partial charge on any atom is 0.387 e. The number of ether oxygens (including phenoxy) is 2. The Morgan fingerprint density at radius 1 is 1.06 bits per heavy atom. The van der Waals surface area contributed by atoms with Crippen LogP contribution in [0.15, 0.2) is 70.3 Å². The van der Waals surface area contributed by atoms with Gasteiger partial charge >= 0.3 is 17.7 Å². The summed E-state index contributed by atoms with van der Waals surface area (Å²) >= 11 is 0. The highest BCUT2D eigenvalue weighted by Gasteiger charge is 2.15. The number of benzene rings is 3. The largest absolute Gasteiger partial charge is 0.497 e. The molecule has 0 bridgehead atoms. The summed E-state index contributed by atoms with van der Waals surface area (Å²) in [4.78, 5) is 39.4. The topological polar surface area (TPSA) is 102 Å². The number of H-pyrrole nitrogens is 1. The van der Waals surface area contributed by atoms with Crippen molar-refractivity contribution in [2.75, 3.05) is 12.4 Å². The Morgan fingerprint density at radius 3 is 2.46 bits per heavy atom. The van der Waals surface area contributed by atoms with Crippen molar-refractivity contribution in [3.8, 4) is 22.6 Å². The number of alkyl halides is 2. The van der Waals surface area contributed by atoms with Crippen LogP contribution in [0.5, 0.6) is 11.5 Å². The molecule has 0 saturated carbocycles. The van der Waals surface area contributed by atoms with Crippen LogP contribution in [0, 0.1) is 0 Å². The van der Waals surface area contributed by atoms with Crippen molar-refractivity contribution in [3.63, 3.8) is 0 Å². The monoisotopic (exact) mass is 481 g/mol. The number of fused-ring (bicyclic) bond motifs is 1. The van der Waals surface area contributed by atoms with Crippen LogP contribution in [-0.4, -0.2) is 29.2 Å². The smallest absolute Gasteiger partial charge is 0.387 e. The first-order chi connectivity index (χ1) is 16.8. The molecule has 0 aliphatic rings. The molecule has 0 spiro atoms. The number of rotatable bonds is 7. The third-order valence-electron chi connectivity index (χ3n) is 5.41. The molecule has 0 aliphatic heterocycles. The molecule has 8 nitrogen and oxygen atoms in total. The average molecular weight is 481 g/mol. The Kier molecular flexibility index (Phi) is 6.63. The number of halogens is 2. The maximum atomic E-state index is 12.9. The minimum atomic E-state index is -3.02. The van der Waals surface area contributed by atoms with E-state index in [1.165, 1.54) is 42.0 Å². The summed E-state index contributed by atoms with van der Waals surface area (Å²) in [6.45, 7) is -0.984. The van der Waals surface area contributed by atoms with E-state index in [0.29, 0.717) is 40.1 Å². The fourth-order valence-corrected chi connectivity index (χ4v) is 3.74. The molecule has 4 aromatic rings. The van der Waals surface area contributed by atoms with Gasteiger partial charge in [0.1, 0.15) is 11.5 Å². The van der Waals surface area contributed by atoms with E-state index in [4.69, 9.17) is 4.74 Å². The number of nitrogens with zero attached hydrogens (tertiary/aromatic N) is 1. The van der Waals surface area contributed by atoms with Gasteiger partial charge in [0.05, 0.1) is 18.1 Å². The first kappa shape index (κ1) is 23.7. The third-order valence-corrected chi connectivity index (χ3v) is 5.41. The molecular weight excluding hydrogens is 460 g/mol. The molecular formula is C25H21F2N3O5. The SMILES string of the molecule is CCn1c(=O)c(=O)[nH]c2cc(C(=O)Nc3ccc(OC(F)F)c(-c4ccc(OC)cc4)c3)ccc21. The minimum Gasteiger partial charge on any atom is -0.497 e. The lowest BCUT2D eigenvalue weighted by molar-refractivity contribution is -0.0494. The van der Waals surface area contributed by atoms with Crippen LogP contribution in [0.3, 0.4) is 0 Å². The van der Waals surface area contributed by atoms with Gasteiger partial charge in [-0.3, -0.25) is 14.4 Å². The first-order valence-electron chi connectivity index (χ1n) is 10.6. The Hall–Kier alpha value is -4.47. The van der Waals surface area contributed by atoms with E-state index in [-0.39, 0.29) is 11.3 Å². The van der Waals surface area contributed by atoms with E-state index < -0.39 is 23.6 Å². The second-order valence-corrected chi connectivity index (χ2v) is 7.51. The van der Waals surface area contributed by atoms with Crippen LogP contribution in [0.2, 0.25) is 0 Å². The second kappa shape index (κ2) is 9.80. The van der Waals surface area contributed by atoms with Gasteiger partial charge in [-0.25, -0.2) is 0 Å². The number of hydrogen-bond acceptors (Lipinski definition) is 5. The van der Waals surface area contributed by atoms with Gasteiger partial charge in [0, 0.05) is 23.4 Å². The highest BCUT2D eigenvalue weighted by molar-refractivity contribution is 6.06. The average Bonchev–Trinajstić information content (AvgIpc) is 2.85. The molecule has 1 heterocycles. The predicted molar refractivity (Wildman–Crippen MR) is 128 cm³/mol. The number of hydrogen-bond donors (Lipinski definition) is 2. The summed E-state index contributed by atoms with van der Waals surface area (Å²) in [5.74, 6) is 0.0477. The van der Waals surface area contributed by atoms with E-state index in [2.05, 4.69) is 15.0 Å². The molecule has 0 aliphatic carbocycles. The van der Waals surface area contributed by atoms with Crippen LogP contribution in [0.1, 0.15) is 17.3 Å². The molecule has 0 unspecified atom stereocenters. The van der Waals surface area contributed by atoms with E-state index in [1.807, 2.05) is 0 Å². The zero-order valence-electron chi connectivity index (χ0n) is 18.8. The van der Waals surface area contributed by atoms with Crippen molar-refractivity contribution in [2.24, 2.45) is 0 Å². The summed E-state index contributed by atoms with van der Waals surface area (Å²) in [5.41, 5.74) is 0.875. The molecule has 0 atom stereocenters. The highest BCUT2D eigenvalue weighted by atomic mass is 19.3. The standard InChI is InChI=1S/C25H21F2N3O5/c1-3-30-20-10-6-15(12-19(20)29-23(32)24(30)33)22(31)28-16-7-11-21(35-25(26)27)18(13-16)14-4-8-17(34-2)9-5-14/h4-13,25H,3H2,1-2H3,(H,28,31)(H,29,32). The highest BCUT2D eigenvalue weighted by Crippen LogP contribution is 2.34. The van der Waals surface area contributed by atoms with Gasteiger partial charge < -0.3 is 24.3 Å². The van der Waals surface area contributed by atoms with E-state index >= 15 is 0 Å². The number of aromatic nitrogens is 2. The van der Waals surface area contributed by atoms with Crippen molar-refractivity contribution in [3.05, 3.63) is 86.9 Å². The molecule has 10 heteroatoms. The van der Waals surface area contributed by atoms with Gasteiger partial charge in [-0.05, 0) is 61.0 Å². The van der Waals surface area contributed by atoms with Gasteiger partial charge in [-0.1, -0.05) is 12.1 Å². The lowest BCUT2D eigenvalue weighted by Gasteiger charge is -2.14. The normalized spacial score (nSPS) is 11.0. The molecule has 0 fully saturated rings. The summed E-state index contributed by atoms with van der Waals surface area (Å²) in [6.07, 6.45) is 0. The van der Waals surface area contributed by atoms with Crippen molar-refractivity contribution in [1.82, 2.24) is 9.55 Å². The predicted octanol–water partition coefficient (Wildman–Crippen LogP) is 4.24. The first-order valence-corrected chi connectivity index (χ1v) is 10.6. The Labute approximate surface area is 197 Å². The molecule has 1 aromatic heterocycles. The quantitative estimate of drug-likeness (QED) is 0.385. The summed E-state index contributed by atoms with van der Waals surface area (Å²) in [5, 5.41) is 2.72. The number of carbonyl (C=O) groups is 1. The van der Waals surface area contributed by atoms with Crippen molar-refractivity contribution >= 4 is 22.6 Å². The zero-order chi connectivity index (χ0) is 25.1. The fraction of sp³-hybridized carbons (Fsp3) is 0.160. The molecule has 4 rings (SSSR count). The number of anilines is 1. The molecule has 35 heavy (non-hydrogen) atoms. The van der Waals surface area contributed by atoms with E-state index in [9.17, 15) is 23.2 Å². The van der Waals surface area contributed by atoms with Crippen molar-refractivity contribution in [1.29, 1.82) is 0 Å². The number of nitrogens with one attached hydrogen (secondary N) is 2. The van der Waals surface area contributed by atoms with Gasteiger partial charge in [-0.2, -0.15) is 8.78 Å². The van der Waals surface area contributed by atoms with Gasteiger partial charge in [-0.15, -0.1) is 0 Å². The van der Waals surface area contributed by atoms with Crippen LogP contribution in [-0.2, 0) is 6.54 Å². The Bertz CT molecular complexity index is 1510. The summed E-state index contributed by atoms with van der Waals surface area (Å²) < 4.78 is 37.0. The van der Waals surface area contributed by atoms with Gasteiger partial charge in [0.15, 0.2) is 0 Å². The number of carbonyl (C=O) groups excluding carboxylic acids is 1. The van der Waals surface area contributed by atoms with Crippen molar-refractivity contribution in [2.45, 2.75) is 20.1 Å². The third kappa shape index (κ3) is 4.91. The minimum absolute atomic E-state index is 0.0519. The van der Waals surface area contributed by atoms with Crippen LogP contribution < -0.4 is 25.9 Å². The number of methoxy groups -OCH3 is 1. The van der Waals surface area contributed by atoms with E-state index in [1.54, 1.807) is 37.3 Å². The summed E-state index contributed by atoms with van der Waals surface area (Å²) in [6, 6.07) is 15.6. The number of amides is 1. The molecule has 0 radical (unpaired) electrons. The summed E-state index contributed by atoms with van der Waals surface area (Å²) in [7, 11) is 1.51. The Morgan fingerprint density at radius 2 is 1.80 bits per heavy atom. The van der Waals surface area contributed by atoms with Gasteiger partial charge in [0.25, 0.3) is 5.91 Å². The molecule has 1 amide bonds. The van der Waals surface area contributed by atoms with Crippen LogP contribution in [0.4, 0.5) is 14.5 Å². The number of aromatic amines is 1. The second-order valence-electron chi connectivity index (χ2n) is 7.51. The maximum absolute atomic E-state index is 12.9. The number of aryl methyl sites for hydroxylation is 1. The van der Waals surface area contributed by atoms with Gasteiger partial charge in [0.2, 0.25) is 0 Å². The van der Waals surface area contributed by atoms with E-state index in [0.717, 1.165) is 0 Å². The van der Waals surface area contributed by atoms with Crippen molar-refractivity contribution < 1.29 is 23.0 Å². The van der Waals surface area contributed by atoms with Crippen LogP contribution >= 0.6 is 0 Å². The lowest BCUT2D eigenvalue weighted by atomic mass is 10.0. The fourth-order valence-electron chi connectivity index (χ4n) is 3.74. The molecule has 0 saturated heterocycles. The zero-order valence-corrected chi connectivity index (χ0v) is 18.8. The molecule has 2 N–H and O–H groups in total. The molecule has 180 valence electrons.